The van der Waals surface area contributed by atoms with Crippen LogP contribution in [0.5, 0.6) is 0 Å². The average molecular weight is 239 g/mol. The maximum atomic E-state index is 4.49. The molecule has 0 spiro atoms. The predicted molar refractivity (Wildman–Crippen MR) is 70.3 cm³/mol. The van der Waals surface area contributed by atoms with Gasteiger partial charge < -0.3 is 5.32 Å². The van der Waals surface area contributed by atoms with Gasteiger partial charge in [-0.05, 0) is 18.2 Å². The van der Waals surface area contributed by atoms with Crippen molar-refractivity contribution in [1.29, 1.82) is 0 Å². The van der Waals surface area contributed by atoms with Crippen LogP contribution in [0, 0.1) is 0 Å². The molecule has 0 aliphatic heterocycles. The molecule has 5 heteroatoms. The second kappa shape index (κ2) is 4.83. The van der Waals surface area contributed by atoms with E-state index in [-0.39, 0.29) is 0 Å². The van der Waals surface area contributed by atoms with Crippen LogP contribution in [0.1, 0.15) is 0 Å². The SMILES string of the molecule is c1ccc2nc(NCCn3cccn3)cnc2c1. The summed E-state index contributed by atoms with van der Waals surface area (Å²) >= 11 is 0. The molecule has 0 saturated heterocycles. The quantitative estimate of drug-likeness (QED) is 0.756. The molecule has 0 aliphatic rings. The lowest BCUT2D eigenvalue weighted by molar-refractivity contribution is 0.637. The molecule has 3 rings (SSSR count). The topological polar surface area (TPSA) is 55.6 Å². The summed E-state index contributed by atoms with van der Waals surface area (Å²) in [6.45, 7) is 1.58. The molecule has 18 heavy (non-hydrogen) atoms. The van der Waals surface area contributed by atoms with E-state index in [2.05, 4.69) is 20.4 Å². The Morgan fingerprint density at radius 3 is 2.83 bits per heavy atom. The number of anilines is 1. The second-order valence-corrected chi connectivity index (χ2v) is 3.94. The van der Waals surface area contributed by atoms with Gasteiger partial charge in [0.2, 0.25) is 0 Å². The van der Waals surface area contributed by atoms with E-state index in [1.807, 2.05) is 41.2 Å². The summed E-state index contributed by atoms with van der Waals surface area (Å²) in [4.78, 5) is 8.84. The predicted octanol–water partition coefficient (Wildman–Crippen LogP) is 1.94. The van der Waals surface area contributed by atoms with Crippen LogP contribution in [0.15, 0.2) is 48.9 Å². The number of nitrogens with one attached hydrogen (secondary N) is 1. The summed E-state index contributed by atoms with van der Waals surface area (Å²) < 4.78 is 1.88. The van der Waals surface area contributed by atoms with Crippen LogP contribution in [-0.2, 0) is 6.54 Å². The lowest BCUT2D eigenvalue weighted by Crippen LogP contribution is -2.11. The number of rotatable bonds is 4. The number of aromatic nitrogens is 4. The van der Waals surface area contributed by atoms with Crippen LogP contribution >= 0.6 is 0 Å². The molecule has 1 N–H and O–H groups in total. The molecule has 0 aliphatic carbocycles. The lowest BCUT2D eigenvalue weighted by Gasteiger charge is -2.06. The molecule has 0 radical (unpaired) electrons. The first kappa shape index (κ1) is 10.7. The number of fused-ring (bicyclic) bond motifs is 1. The minimum Gasteiger partial charge on any atom is -0.367 e. The third-order valence-electron chi connectivity index (χ3n) is 2.65. The fourth-order valence-corrected chi connectivity index (χ4v) is 1.77. The zero-order valence-electron chi connectivity index (χ0n) is 9.82. The van der Waals surface area contributed by atoms with E-state index in [0.29, 0.717) is 0 Å². The van der Waals surface area contributed by atoms with Gasteiger partial charge in [-0.25, -0.2) is 4.98 Å². The minimum atomic E-state index is 0.773. The van der Waals surface area contributed by atoms with E-state index >= 15 is 0 Å². The van der Waals surface area contributed by atoms with E-state index in [1.165, 1.54) is 0 Å². The third kappa shape index (κ3) is 2.29. The molecule has 5 nitrogen and oxygen atoms in total. The fourth-order valence-electron chi connectivity index (χ4n) is 1.77. The number of hydrogen-bond acceptors (Lipinski definition) is 4. The molecule has 3 aromatic rings. The van der Waals surface area contributed by atoms with Crippen molar-refractivity contribution in [2.75, 3.05) is 11.9 Å². The van der Waals surface area contributed by atoms with Crippen LogP contribution in [0.3, 0.4) is 0 Å². The molecule has 0 amide bonds. The van der Waals surface area contributed by atoms with Gasteiger partial charge in [-0.2, -0.15) is 5.10 Å². The van der Waals surface area contributed by atoms with E-state index in [0.717, 1.165) is 29.9 Å². The number of benzene rings is 1. The highest BCUT2D eigenvalue weighted by atomic mass is 15.3. The van der Waals surface area contributed by atoms with Crippen molar-refractivity contribution in [3.8, 4) is 0 Å². The van der Waals surface area contributed by atoms with Crippen molar-refractivity contribution in [2.24, 2.45) is 0 Å². The lowest BCUT2D eigenvalue weighted by atomic mass is 10.3. The van der Waals surface area contributed by atoms with Crippen molar-refractivity contribution >= 4 is 16.9 Å². The number of para-hydroxylation sites is 2. The molecule has 0 saturated carbocycles. The molecule has 0 unspecified atom stereocenters. The number of hydrogen-bond donors (Lipinski definition) is 1. The Kier molecular flexibility index (Phi) is 2.87. The molecular weight excluding hydrogens is 226 g/mol. The average Bonchev–Trinajstić information content (AvgIpc) is 2.92. The van der Waals surface area contributed by atoms with E-state index in [4.69, 9.17) is 0 Å². The fraction of sp³-hybridized carbons (Fsp3) is 0.154. The molecule has 2 aromatic heterocycles. The van der Waals surface area contributed by atoms with Crippen LogP contribution in [0.25, 0.3) is 11.0 Å². The van der Waals surface area contributed by atoms with Crippen molar-refractivity contribution < 1.29 is 0 Å². The van der Waals surface area contributed by atoms with Crippen LogP contribution in [0.4, 0.5) is 5.82 Å². The van der Waals surface area contributed by atoms with Gasteiger partial charge in [0, 0.05) is 18.9 Å². The van der Waals surface area contributed by atoms with Crippen molar-refractivity contribution in [1.82, 2.24) is 19.7 Å². The van der Waals surface area contributed by atoms with Crippen molar-refractivity contribution in [3.05, 3.63) is 48.9 Å². The van der Waals surface area contributed by atoms with Gasteiger partial charge in [0.25, 0.3) is 0 Å². The second-order valence-electron chi connectivity index (χ2n) is 3.94. The molecule has 1 aromatic carbocycles. The number of nitrogens with zero attached hydrogens (tertiary/aromatic N) is 4. The standard InChI is InChI=1S/C13H13N5/c1-2-5-12-11(4-1)15-10-13(17-12)14-7-9-18-8-3-6-16-18/h1-6,8,10H,7,9H2,(H,14,17). The maximum Gasteiger partial charge on any atom is 0.145 e. The zero-order valence-corrected chi connectivity index (χ0v) is 9.82. The maximum absolute atomic E-state index is 4.49. The van der Waals surface area contributed by atoms with E-state index in [9.17, 15) is 0 Å². The molecule has 0 fully saturated rings. The van der Waals surface area contributed by atoms with Crippen LogP contribution in [0.2, 0.25) is 0 Å². The Morgan fingerprint density at radius 1 is 1.11 bits per heavy atom. The first-order valence-corrected chi connectivity index (χ1v) is 5.85. The largest absolute Gasteiger partial charge is 0.367 e. The normalized spacial score (nSPS) is 10.7. The van der Waals surface area contributed by atoms with Gasteiger partial charge >= 0.3 is 0 Å². The molecule has 0 bridgehead atoms. The van der Waals surface area contributed by atoms with Gasteiger partial charge in [0.15, 0.2) is 0 Å². The summed E-state index contributed by atoms with van der Waals surface area (Å²) in [7, 11) is 0. The minimum absolute atomic E-state index is 0.773. The third-order valence-corrected chi connectivity index (χ3v) is 2.65. The molecule has 0 atom stereocenters. The van der Waals surface area contributed by atoms with Gasteiger partial charge in [0.1, 0.15) is 5.82 Å². The Bertz CT molecular complexity index is 633. The molecular formula is C13H13N5. The summed E-state index contributed by atoms with van der Waals surface area (Å²) in [6, 6.07) is 9.75. The highest BCUT2D eigenvalue weighted by Gasteiger charge is 1.98. The van der Waals surface area contributed by atoms with E-state index in [1.54, 1.807) is 12.4 Å². The highest BCUT2D eigenvalue weighted by molar-refractivity contribution is 5.75. The molecule has 2 heterocycles. The molecule has 90 valence electrons. The van der Waals surface area contributed by atoms with Crippen molar-refractivity contribution in [3.63, 3.8) is 0 Å². The Labute approximate surface area is 104 Å². The smallest absolute Gasteiger partial charge is 0.145 e. The van der Waals surface area contributed by atoms with Crippen molar-refractivity contribution in [2.45, 2.75) is 6.54 Å². The van der Waals surface area contributed by atoms with Gasteiger partial charge in [0.05, 0.1) is 23.8 Å². The monoisotopic (exact) mass is 239 g/mol. The Morgan fingerprint density at radius 2 is 2.00 bits per heavy atom. The summed E-state index contributed by atoms with van der Waals surface area (Å²) in [6.07, 6.45) is 5.47. The Hall–Kier alpha value is -2.43. The first-order chi connectivity index (χ1) is 8.92. The van der Waals surface area contributed by atoms with Crippen LogP contribution < -0.4 is 5.32 Å². The summed E-state index contributed by atoms with van der Waals surface area (Å²) in [5.41, 5.74) is 1.82. The van der Waals surface area contributed by atoms with Gasteiger partial charge in [-0.3, -0.25) is 9.67 Å². The van der Waals surface area contributed by atoms with Gasteiger partial charge in [-0.15, -0.1) is 0 Å². The van der Waals surface area contributed by atoms with Crippen LogP contribution in [-0.4, -0.2) is 26.3 Å². The highest BCUT2D eigenvalue weighted by Crippen LogP contribution is 2.10. The summed E-state index contributed by atoms with van der Waals surface area (Å²) in [5, 5.41) is 7.38. The van der Waals surface area contributed by atoms with Gasteiger partial charge in [-0.1, -0.05) is 12.1 Å². The zero-order chi connectivity index (χ0) is 12.2. The Balaban J connectivity index is 1.67. The summed E-state index contributed by atoms with van der Waals surface area (Å²) in [5.74, 6) is 0.792. The first-order valence-electron chi connectivity index (χ1n) is 5.85. The van der Waals surface area contributed by atoms with E-state index < -0.39 is 0 Å².